The highest BCUT2D eigenvalue weighted by Gasteiger charge is 2.58. The molecule has 8 nitrogen and oxygen atoms in total. The Morgan fingerprint density at radius 1 is 1.28 bits per heavy atom. The quantitative estimate of drug-likeness (QED) is 0.489. The summed E-state index contributed by atoms with van der Waals surface area (Å²) in [5.41, 5.74) is 2.29. The number of nitrogens with one attached hydrogen (secondary N) is 2. The number of fused-ring (bicyclic) bond motifs is 1. The predicted octanol–water partition coefficient (Wildman–Crippen LogP) is 4.32. The van der Waals surface area contributed by atoms with Crippen LogP contribution in [0.2, 0.25) is 5.02 Å². The van der Waals surface area contributed by atoms with Crippen LogP contribution in [0.4, 0.5) is 14.9 Å². The van der Waals surface area contributed by atoms with Crippen LogP contribution < -0.4 is 10.0 Å². The lowest BCUT2D eigenvalue weighted by molar-refractivity contribution is 0.149. The summed E-state index contributed by atoms with van der Waals surface area (Å²) in [4.78, 5) is 17.6. The first-order valence-electron chi connectivity index (χ1n) is 13.3. The highest BCUT2D eigenvalue weighted by molar-refractivity contribution is 7.88. The van der Waals surface area contributed by atoms with E-state index < -0.39 is 15.8 Å². The second-order valence-corrected chi connectivity index (χ2v) is 13.3. The van der Waals surface area contributed by atoms with Crippen LogP contribution in [-0.4, -0.2) is 68.8 Å². The Kier molecular flexibility index (Phi) is 7.89. The van der Waals surface area contributed by atoms with E-state index >= 15 is 0 Å². The van der Waals surface area contributed by atoms with Gasteiger partial charge in [-0.15, -0.1) is 0 Å². The number of nitrogens with zero attached hydrogens (tertiary/aromatic N) is 3. The Morgan fingerprint density at radius 2 is 2.10 bits per heavy atom. The number of benzene rings is 2. The summed E-state index contributed by atoms with van der Waals surface area (Å²) in [6.07, 6.45) is 5.55. The van der Waals surface area contributed by atoms with Gasteiger partial charge in [-0.3, -0.25) is 4.90 Å². The van der Waals surface area contributed by atoms with Crippen LogP contribution in [0, 0.1) is 23.1 Å². The average Bonchev–Trinajstić information content (AvgIpc) is 3.48. The van der Waals surface area contributed by atoms with Gasteiger partial charge in [-0.25, -0.2) is 22.3 Å². The smallest absolute Gasteiger partial charge is 0.320 e. The molecule has 3 fully saturated rings. The van der Waals surface area contributed by atoms with Gasteiger partial charge in [0.05, 0.1) is 22.9 Å². The SMILES string of the molecule is CS(=O)(=O)NC1CCN(CCN(C(=O)Nc2ccc(Cl)c(F)c2)[C@@H]2CC[C@]3(c4cccc(C#N)c4)CC3C2)C1. The molecule has 0 spiro atoms. The zero-order valence-corrected chi connectivity index (χ0v) is 23.4. The molecule has 4 atom stereocenters. The Morgan fingerprint density at radius 3 is 2.82 bits per heavy atom. The van der Waals surface area contributed by atoms with E-state index in [1.807, 2.05) is 23.1 Å². The van der Waals surface area contributed by atoms with Crippen molar-refractivity contribution in [1.29, 1.82) is 5.26 Å². The van der Waals surface area contributed by atoms with E-state index in [0.717, 1.165) is 38.6 Å². The predicted molar refractivity (Wildman–Crippen MR) is 149 cm³/mol. The largest absolute Gasteiger partial charge is 0.322 e. The van der Waals surface area contributed by atoms with Gasteiger partial charge in [-0.1, -0.05) is 23.7 Å². The number of carbonyl (C=O) groups is 1. The highest BCUT2D eigenvalue weighted by atomic mass is 35.5. The first kappa shape index (κ1) is 27.8. The third-order valence-corrected chi connectivity index (χ3v) is 9.53. The number of hydrogen-bond acceptors (Lipinski definition) is 5. The molecule has 1 aliphatic heterocycles. The lowest BCUT2D eigenvalue weighted by atomic mass is 9.80. The molecule has 0 bridgehead atoms. The van der Waals surface area contributed by atoms with E-state index in [-0.39, 0.29) is 28.6 Å². The van der Waals surface area contributed by atoms with Gasteiger partial charge in [0.15, 0.2) is 0 Å². The molecule has 1 heterocycles. The molecule has 208 valence electrons. The molecule has 0 aromatic heterocycles. The number of rotatable bonds is 8. The number of carbonyl (C=O) groups excluding carboxylic acids is 1. The number of halogens is 2. The number of amides is 2. The summed E-state index contributed by atoms with van der Waals surface area (Å²) in [7, 11) is -3.28. The molecule has 11 heteroatoms. The summed E-state index contributed by atoms with van der Waals surface area (Å²) in [5.74, 6) is -0.161. The van der Waals surface area contributed by atoms with Gasteiger partial charge < -0.3 is 10.2 Å². The Hall–Kier alpha value is -2.71. The normalized spacial score (nSPS) is 26.5. The fourth-order valence-corrected chi connectivity index (χ4v) is 7.36. The van der Waals surface area contributed by atoms with Crippen molar-refractivity contribution in [3.8, 4) is 6.07 Å². The number of nitriles is 1. The van der Waals surface area contributed by atoms with Crippen LogP contribution >= 0.6 is 11.6 Å². The van der Waals surface area contributed by atoms with E-state index in [9.17, 15) is 22.9 Å². The lowest BCUT2D eigenvalue weighted by Gasteiger charge is -2.37. The molecule has 2 aromatic rings. The van der Waals surface area contributed by atoms with Crippen molar-refractivity contribution in [1.82, 2.24) is 14.5 Å². The van der Waals surface area contributed by atoms with Crippen LogP contribution in [0.3, 0.4) is 0 Å². The minimum absolute atomic E-state index is 0.00559. The molecule has 2 aliphatic carbocycles. The fourth-order valence-electron chi connectivity index (χ4n) is 6.45. The van der Waals surface area contributed by atoms with Gasteiger partial charge >= 0.3 is 6.03 Å². The van der Waals surface area contributed by atoms with E-state index in [4.69, 9.17) is 11.6 Å². The van der Waals surface area contributed by atoms with Crippen molar-refractivity contribution in [2.75, 3.05) is 37.8 Å². The Bertz CT molecular complexity index is 1400. The topological polar surface area (TPSA) is 106 Å². The van der Waals surface area contributed by atoms with Crippen molar-refractivity contribution in [3.05, 3.63) is 64.4 Å². The van der Waals surface area contributed by atoms with E-state index in [1.165, 1.54) is 24.0 Å². The number of sulfonamides is 1. The molecule has 2 aromatic carbocycles. The summed E-state index contributed by atoms with van der Waals surface area (Å²) in [6.45, 7) is 2.43. The molecule has 0 radical (unpaired) electrons. The standard InChI is InChI=1S/C28H33ClFN5O3S/c1-39(37,38)33-23-8-10-34(18-23)11-12-35(27(36)32-22-5-6-25(29)26(30)15-22)24-7-9-28(16-21(28)14-24)20-4-2-3-19(13-20)17-31/h2-6,13,15,21,23-24,33H,7-12,14,16,18H2,1H3,(H,32,36)/t21?,23?,24-,28-/m1/s1. The van der Waals surface area contributed by atoms with Crippen LogP contribution in [0.25, 0.3) is 0 Å². The van der Waals surface area contributed by atoms with E-state index in [2.05, 4.69) is 27.1 Å². The molecule has 39 heavy (non-hydrogen) atoms. The zero-order chi connectivity index (χ0) is 27.8. The molecular weight excluding hydrogens is 541 g/mol. The summed E-state index contributed by atoms with van der Waals surface area (Å²) < 4.78 is 40.0. The van der Waals surface area contributed by atoms with Crippen molar-refractivity contribution in [2.45, 2.75) is 49.6 Å². The molecule has 3 aliphatic rings. The van der Waals surface area contributed by atoms with Crippen molar-refractivity contribution in [2.24, 2.45) is 5.92 Å². The maximum atomic E-state index is 14.0. The molecule has 2 amide bonds. The van der Waals surface area contributed by atoms with Crippen LogP contribution in [0.15, 0.2) is 42.5 Å². The van der Waals surface area contributed by atoms with Gasteiger partial charge in [0.2, 0.25) is 10.0 Å². The second-order valence-electron chi connectivity index (χ2n) is 11.1. The third kappa shape index (κ3) is 6.38. The monoisotopic (exact) mass is 573 g/mol. The first-order valence-corrected chi connectivity index (χ1v) is 15.6. The van der Waals surface area contributed by atoms with E-state index in [0.29, 0.717) is 36.8 Å². The maximum absolute atomic E-state index is 14.0. The fraction of sp³-hybridized carbons (Fsp3) is 0.500. The lowest BCUT2D eigenvalue weighted by Crippen LogP contribution is -2.48. The summed E-state index contributed by atoms with van der Waals surface area (Å²) in [6, 6.07) is 13.9. The average molecular weight is 574 g/mol. The zero-order valence-electron chi connectivity index (χ0n) is 21.9. The van der Waals surface area contributed by atoms with E-state index in [1.54, 1.807) is 6.07 Å². The maximum Gasteiger partial charge on any atom is 0.322 e. The number of hydrogen-bond donors (Lipinski definition) is 2. The van der Waals surface area contributed by atoms with Gasteiger partial charge in [0.25, 0.3) is 0 Å². The van der Waals surface area contributed by atoms with Crippen LogP contribution in [-0.2, 0) is 15.4 Å². The van der Waals surface area contributed by atoms with Crippen molar-refractivity contribution in [3.63, 3.8) is 0 Å². The van der Waals surface area contributed by atoms with Crippen molar-refractivity contribution < 1.29 is 17.6 Å². The Balaban J connectivity index is 1.28. The summed E-state index contributed by atoms with van der Waals surface area (Å²) in [5, 5.41) is 12.2. The number of likely N-dealkylation sites (tertiary alicyclic amines) is 1. The van der Waals surface area contributed by atoms with Gasteiger partial charge in [-0.05, 0) is 85.9 Å². The molecule has 5 rings (SSSR count). The molecule has 2 saturated carbocycles. The van der Waals surface area contributed by atoms with Gasteiger partial charge in [0, 0.05) is 37.4 Å². The minimum Gasteiger partial charge on any atom is -0.320 e. The minimum atomic E-state index is -3.28. The van der Waals surface area contributed by atoms with Gasteiger partial charge in [0.1, 0.15) is 5.82 Å². The van der Waals surface area contributed by atoms with Crippen LogP contribution in [0.1, 0.15) is 43.2 Å². The molecular formula is C28H33ClFN5O3S. The first-order chi connectivity index (χ1) is 18.6. The van der Waals surface area contributed by atoms with Crippen molar-refractivity contribution >= 4 is 33.3 Å². The van der Waals surface area contributed by atoms with Gasteiger partial charge in [-0.2, -0.15) is 5.26 Å². The van der Waals surface area contributed by atoms with Crippen LogP contribution in [0.5, 0.6) is 0 Å². The second kappa shape index (κ2) is 11.0. The number of urea groups is 1. The highest BCUT2D eigenvalue weighted by Crippen LogP contribution is 2.62. The molecule has 2 unspecified atom stereocenters. The third-order valence-electron chi connectivity index (χ3n) is 8.46. The summed E-state index contributed by atoms with van der Waals surface area (Å²) >= 11 is 5.81. The Labute approximate surface area is 234 Å². The number of anilines is 1. The molecule has 1 saturated heterocycles. The molecule has 2 N–H and O–H groups in total.